The summed E-state index contributed by atoms with van der Waals surface area (Å²) in [7, 11) is 0. The summed E-state index contributed by atoms with van der Waals surface area (Å²) in [5.74, 6) is 1.30. The second-order valence-corrected chi connectivity index (χ2v) is 9.74. The van der Waals surface area contributed by atoms with Gasteiger partial charge in [0.25, 0.3) is 0 Å². The van der Waals surface area contributed by atoms with Crippen molar-refractivity contribution in [1.82, 2.24) is 25.0 Å². The summed E-state index contributed by atoms with van der Waals surface area (Å²) in [6.45, 7) is 10.1. The van der Waals surface area contributed by atoms with Gasteiger partial charge >= 0.3 is 0 Å². The maximum atomic E-state index is 6.40. The first-order valence-corrected chi connectivity index (χ1v) is 12.4. The van der Waals surface area contributed by atoms with Crippen LogP contribution in [0.15, 0.2) is 77.7 Å². The van der Waals surface area contributed by atoms with E-state index in [-0.39, 0.29) is 0 Å². The molecule has 1 aromatic carbocycles. The second-order valence-electron chi connectivity index (χ2n) is 8.47. The number of hydrogen-bond acceptors (Lipinski definition) is 4. The smallest absolute Gasteiger partial charge is 0.128 e. The van der Waals surface area contributed by atoms with Crippen molar-refractivity contribution < 1.29 is 0 Å². The van der Waals surface area contributed by atoms with Crippen LogP contribution in [0.4, 0.5) is 0 Å². The lowest BCUT2D eigenvalue weighted by Crippen LogP contribution is -2.35. The van der Waals surface area contributed by atoms with E-state index in [0.29, 0.717) is 12.5 Å². The Morgan fingerprint density at radius 2 is 2.12 bits per heavy atom. The summed E-state index contributed by atoms with van der Waals surface area (Å²) in [6, 6.07) is 12.1. The molecule has 4 rings (SSSR count). The number of pyridine rings is 1. The normalized spacial score (nSPS) is 17.2. The van der Waals surface area contributed by atoms with Gasteiger partial charge in [0, 0.05) is 37.1 Å². The number of nitrogens with one attached hydrogen (secondary N) is 1. The average Bonchev–Trinajstić information content (AvgIpc) is 3.17. The summed E-state index contributed by atoms with van der Waals surface area (Å²) in [5.41, 5.74) is 4.44. The molecule has 0 aliphatic carbocycles. The molecule has 1 aliphatic rings. The molecule has 1 aliphatic heterocycles. The van der Waals surface area contributed by atoms with E-state index < -0.39 is 0 Å². The molecule has 7 heteroatoms. The molecule has 1 unspecified atom stereocenters. The number of benzene rings is 1. The molecule has 5 nitrogen and oxygen atoms in total. The van der Waals surface area contributed by atoms with E-state index in [9.17, 15) is 0 Å². The van der Waals surface area contributed by atoms with Crippen molar-refractivity contribution in [3.05, 3.63) is 99.5 Å². The van der Waals surface area contributed by atoms with E-state index in [4.69, 9.17) is 11.6 Å². The van der Waals surface area contributed by atoms with E-state index in [1.165, 1.54) is 5.56 Å². The van der Waals surface area contributed by atoms with Crippen LogP contribution in [0, 0.1) is 12.8 Å². The number of rotatable bonds is 8. The Labute approximate surface area is 209 Å². The van der Waals surface area contributed by atoms with Crippen molar-refractivity contribution in [3.63, 3.8) is 0 Å². The molecule has 1 N–H and O–H groups in total. The summed E-state index contributed by atoms with van der Waals surface area (Å²) in [6.07, 6.45) is 9.90. The third-order valence-electron chi connectivity index (χ3n) is 6.08. The van der Waals surface area contributed by atoms with Crippen LogP contribution in [0.5, 0.6) is 0 Å². The Bertz CT molecular complexity index is 1120. The lowest BCUT2D eigenvalue weighted by atomic mass is 9.90. The second kappa shape index (κ2) is 11.1. The fourth-order valence-corrected chi connectivity index (χ4v) is 4.63. The Morgan fingerprint density at radius 3 is 2.85 bits per heavy atom. The minimum Gasteiger partial charge on any atom is -0.366 e. The highest BCUT2D eigenvalue weighted by atomic mass is 79.9. The summed E-state index contributed by atoms with van der Waals surface area (Å²) >= 11 is 9.98. The molecule has 1 saturated heterocycles. The lowest BCUT2D eigenvalue weighted by molar-refractivity contribution is 0.186. The molecule has 33 heavy (non-hydrogen) atoms. The third kappa shape index (κ3) is 6.14. The van der Waals surface area contributed by atoms with Crippen LogP contribution in [-0.2, 0) is 13.1 Å². The number of nitrogens with zero attached hydrogens (tertiary/aromatic N) is 4. The molecule has 1 fully saturated rings. The first kappa shape index (κ1) is 23.7. The van der Waals surface area contributed by atoms with Crippen molar-refractivity contribution in [1.29, 1.82) is 0 Å². The van der Waals surface area contributed by atoms with Gasteiger partial charge in [0.15, 0.2) is 0 Å². The average molecular weight is 527 g/mol. The van der Waals surface area contributed by atoms with E-state index in [0.717, 1.165) is 64.6 Å². The summed E-state index contributed by atoms with van der Waals surface area (Å²) in [4.78, 5) is 6.70. The number of hydrogen-bond donors (Lipinski definition) is 1. The van der Waals surface area contributed by atoms with Crippen LogP contribution in [0.3, 0.4) is 0 Å². The first-order chi connectivity index (χ1) is 16.0. The van der Waals surface area contributed by atoms with Gasteiger partial charge in [-0.2, -0.15) is 5.10 Å². The molecule has 0 radical (unpaired) electrons. The minimum absolute atomic E-state index is 0.385. The summed E-state index contributed by atoms with van der Waals surface area (Å²) in [5, 5.41) is 8.94. The fourth-order valence-electron chi connectivity index (χ4n) is 4.18. The molecule has 3 aromatic rings. The van der Waals surface area contributed by atoms with Crippen LogP contribution < -0.4 is 5.32 Å². The highest BCUT2D eigenvalue weighted by molar-refractivity contribution is 9.10. The Morgan fingerprint density at radius 1 is 1.27 bits per heavy atom. The molecule has 0 amide bonds. The first-order valence-electron chi connectivity index (χ1n) is 11.2. The number of piperidine rings is 1. The van der Waals surface area contributed by atoms with Crippen LogP contribution in [0.25, 0.3) is 5.82 Å². The molecule has 172 valence electrons. The number of likely N-dealkylation sites (tertiary alicyclic amines) is 1. The van der Waals surface area contributed by atoms with E-state index >= 15 is 0 Å². The summed E-state index contributed by atoms with van der Waals surface area (Å²) < 4.78 is 2.90. The molecule has 0 bridgehead atoms. The fraction of sp³-hybridized carbons (Fsp3) is 0.308. The van der Waals surface area contributed by atoms with Crippen molar-refractivity contribution in [2.24, 2.45) is 5.92 Å². The van der Waals surface area contributed by atoms with Crippen molar-refractivity contribution >= 4 is 33.4 Å². The zero-order chi connectivity index (χ0) is 23.2. The van der Waals surface area contributed by atoms with Gasteiger partial charge in [-0.05, 0) is 83.1 Å². The van der Waals surface area contributed by atoms with E-state index in [2.05, 4.69) is 67.1 Å². The standard InChI is InChI=1S/C26H29BrClN5/c1-19(22-9-6-12-32(17-22)18-23-8-3-4-10-25(23)28)13-26(33-20(2)24(27)16-31-33)30-15-21-7-5-11-29-14-21/h3-5,7-8,10-11,13-14,16,22,30H,1,6,9,12,15,17-18H2,2H3/b26-13-. The Balaban J connectivity index is 1.50. The largest absolute Gasteiger partial charge is 0.366 e. The van der Waals surface area contributed by atoms with Gasteiger partial charge in [0.2, 0.25) is 0 Å². The highest BCUT2D eigenvalue weighted by Gasteiger charge is 2.22. The van der Waals surface area contributed by atoms with Crippen molar-refractivity contribution in [3.8, 4) is 0 Å². The van der Waals surface area contributed by atoms with Gasteiger partial charge < -0.3 is 5.32 Å². The van der Waals surface area contributed by atoms with Gasteiger partial charge in [-0.3, -0.25) is 9.88 Å². The molecular formula is C26H29BrClN5. The van der Waals surface area contributed by atoms with E-state index in [1.807, 2.05) is 42.2 Å². The maximum absolute atomic E-state index is 6.40. The van der Waals surface area contributed by atoms with Crippen LogP contribution >= 0.6 is 27.5 Å². The predicted octanol–water partition coefficient (Wildman–Crippen LogP) is 6.06. The van der Waals surface area contributed by atoms with Crippen LogP contribution in [0.2, 0.25) is 5.02 Å². The number of allylic oxidation sites excluding steroid dienone is 1. The topological polar surface area (TPSA) is 46.0 Å². The minimum atomic E-state index is 0.385. The van der Waals surface area contributed by atoms with Crippen LogP contribution in [-0.4, -0.2) is 32.8 Å². The quantitative estimate of drug-likeness (QED) is 0.363. The van der Waals surface area contributed by atoms with Gasteiger partial charge in [-0.25, -0.2) is 4.68 Å². The monoisotopic (exact) mass is 525 g/mol. The highest BCUT2D eigenvalue weighted by Crippen LogP contribution is 2.28. The van der Waals surface area contributed by atoms with Gasteiger partial charge in [-0.1, -0.05) is 42.4 Å². The van der Waals surface area contributed by atoms with Gasteiger partial charge in [0.05, 0.1) is 16.4 Å². The molecule has 0 spiro atoms. The Kier molecular flexibility index (Phi) is 8.02. The van der Waals surface area contributed by atoms with E-state index in [1.54, 1.807) is 6.20 Å². The number of aromatic nitrogens is 3. The van der Waals surface area contributed by atoms with Crippen LogP contribution in [0.1, 0.15) is 29.7 Å². The number of halogens is 2. The Hall–Kier alpha value is -2.41. The molecule has 3 heterocycles. The molecular weight excluding hydrogens is 498 g/mol. The molecule has 0 saturated carbocycles. The molecule has 2 aromatic heterocycles. The zero-order valence-corrected chi connectivity index (χ0v) is 21.2. The van der Waals surface area contributed by atoms with Crippen molar-refractivity contribution in [2.75, 3.05) is 13.1 Å². The van der Waals surface area contributed by atoms with Crippen molar-refractivity contribution in [2.45, 2.75) is 32.9 Å². The predicted molar refractivity (Wildman–Crippen MR) is 139 cm³/mol. The SMILES string of the molecule is C=C(/C=C(/NCc1cccnc1)n1ncc(Br)c1C)C1CCCN(Cc2ccccc2Cl)C1. The van der Waals surface area contributed by atoms with Gasteiger partial charge in [-0.15, -0.1) is 0 Å². The van der Waals surface area contributed by atoms with Gasteiger partial charge in [0.1, 0.15) is 5.82 Å². The third-order valence-corrected chi connectivity index (χ3v) is 7.23. The maximum Gasteiger partial charge on any atom is 0.128 e. The lowest BCUT2D eigenvalue weighted by Gasteiger charge is -2.33. The zero-order valence-electron chi connectivity index (χ0n) is 18.8. The molecule has 1 atom stereocenters.